The maximum Gasteiger partial charge on any atom is 0.359 e. The number of benzene rings is 2. The quantitative estimate of drug-likeness (QED) is 0.739. The molecule has 0 spiro atoms. The van der Waals surface area contributed by atoms with E-state index in [1.54, 1.807) is 24.3 Å². The number of fused-ring (bicyclic) bond motifs is 1. The van der Waals surface area contributed by atoms with E-state index in [-0.39, 0.29) is 11.4 Å². The number of aromatic nitrogens is 2. The number of amides is 1. The molecule has 7 heteroatoms. The van der Waals surface area contributed by atoms with Crippen LogP contribution in [0.4, 0.5) is 10.1 Å². The van der Waals surface area contributed by atoms with Crippen molar-refractivity contribution in [2.24, 2.45) is 0 Å². The summed E-state index contributed by atoms with van der Waals surface area (Å²) in [6.07, 6.45) is 0.159. The molecule has 0 bridgehead atoms. The zero-order valence-corrected chi connectivity index (χ0v) is 13.3. The second-order valence-corrected chi connectivity index (χ2v) is 5.26. The highest BCUT2D eigenvalue weighted by Crippen LogP contribution is 2.14. The minimum Gasteiger partial charge on any atom is -0.448 e. The van der Waals surface area contributed by atoms with E-state index in [0.29, 0.717) is 11.0 Å². The molecule has 0 radical (unpaired) electrons. The van der Waals surface area contributed by atoms with Gasteiger partial charge in [-0.1, -0.05) is 24.3 Å². The first-order chi connectivity index (χ1) is 12.0. The van der Waals surface area contributed by atoms with Gasteiger partial charge < -0.3 is 10.1 Å². The van der Waals surface area contributed by atoms with Gasteiger partial charge in [0, 0.05) is 0 Å². The van der Waals surface area contributed by atoms with Crippen LogP contribution in [-0.2, 0) is 9.53 Å². The van der Waals surface area contributed by atoms with Crippen molar-refractivity contribution >= 4 is 28.6 Å². The molecule has 1 N–H and O–H groups in total. The Morgan fingerprint density at radius 1 is 1.08 bits per heavy atom. The molecule has 3 aromatic rings. The average Bonchev–Trinajstić information content (AvgIpc) is 2.63. The van der Waals surface area contributed by atoms with E-state index in [2.05, 4.69) is 15.3 Å². The summed E-state index contributed by atoms with van der Waals surface area (Å²) < 4.78 is 18.6. The molecule has 3 rings (SSSR count). The molecule has 0 fully saturated rings. The first kappa shape index (κ1) is 16.5. The Labute approximate surface area is 142 Å². The number of halogens is 1. The molecular weight excluding hydrogens is 325 g/mol. The molecule has 0 saturated carbocycles. The van der Waals surface area contributed by atoms with E-state index in [1.807, 2.05) is 6.07 Å². The standard InChI is InChI=1S/C18H14FN3O3/c1-11(17(23)22-13-7-3-2-6-12(13)19)25-18(24)16-10-20-14-8-4-5-9-15(14)21-16/h2-11H,1H3,(H,22,23). The highest BCUT2D eigenvalue weighted by Gasteiger charge is 2.21. The fourth-order valence-corrected chi connectivity index (χ4v) is 2.13. The molecule has 1 atom stereocenters. The molecule has 0 saturated heterocycles. The second-order valence-electron chi connectivity index (χ2n) is 5.26. The van der Waals surface area contributed by atoms with Gasteiger partial charge in [0.05, 0.1) is 22.9 Å². The first-order valence-corrected chi connectivity index (χ1v) is 7.53. The number of hydrogen-bond acceptors (Lipinski definition) is 5. The summed E-state index contributed by atoms with van der Waals surface area (Å²) in [6, 6.07) is 12.8. The Bertz CT molecular complexity index is 946. The van der Waals surface area contributed by atoms with Crippen molar-refractivity contribution in [1.29, 1.82) is 0 Å². The average molecular weight is 339 g/mol. The summed E-state index contributed by atoms with van der Waals surface area (Å²) in [6.45, 7) is 1.39. The number of esters is 1. The first-order valence-electron chi connectivity index (χ1n) is 7.53. The highest BCUT2D eigenvalue weighted by molar-refractivity contribution is 5.97. The molecule has 0 aliphatic rings. The van der Waals surface area contributed by atoms with E-state index in [0.717, 1.165) is 0 Å². The van der Waals surface area contributed by atoms with Gasteiger partial charge >= 0.3 is 5.97 Å². The number of nitrogens with one attached hydrogen (secondary N) is 1. The Balaban J connectivity index is 1.68. The minimum absolute atomic E-state index is 0.00996. The lowest BCUT2D eigenvalue weighted by Gasteiger charge is -2.13. The van der Waals surface area contributed by atoms with Crippen LogP contribution in [0, 0.1) is 5.82 Å². The molecule has 0 aliphatic carbocycles. The Morgan fingerprint density at radius 3 is 2.52 bits per heavy atom. The molecule has 1 amide bonds. The predicted molar refractivity (Wildman–Crippen MR) is 89.4 cm³/mol. The summed E-state index contributed by atoms with van der Waals surface area (Å²) in [4.78, 5) is 32.5. The van der Waals surface area contributed by atoms with Gasteiger partial charge in [-0.25, -0.2) is 14.2 Å². The van der Waals surface area contributed by atoms with Crippen LogP contribution in [0.3, 0.4) is 0 Å². The third-order valence-electron chi connectivity index (χ3n) is 3.44. The number of carbonyl (C=O) groups excluding carboxylic acids is 2. The van der Waals surface area contributed by atoms with Gasteiger partial charge in [0.25, 0.3) is 5.91 Å². The molecule has 25 heavy (non-hydrogen) atoms. The van der Waals surface area contributed by atoms with Gasteiger partial charge in [0.1, 0.15) is 5.82 Å². The third-order valence-corrected chi connectivity index (χ3v) is 3.44. The number of para-hydroxylation sites is 3. The third kappa shape index (κ3) is 3.77. The monoisotopic (exact) mass is 339 g/mol. The fourth-order valence-electron chi connectivity index (χ4n) is 2.13. The number of nitrogens with zero attached hydrogens (tertiary/aromatic N) is 2. The van der Waals surface area contributed by atoms with Crippen molar-refractivity contribution in [3.05, 3.63) is 66.2 Å². The van der Waals surface area contributed by atoms with Crippen LogP contribution in [-0.4, -0.2) is 27.9 Å². The van der Waals surface area contributed by atoms with E-state index < -0.39 is 23.8 Å². The lowest BCUT2D eigenvalue weighted by Crippen LogP contribution is -2.30. The number of anilines is 1. The van der Waals surface area contributed by atoms with Crippen molar-refractivity contribution in [2.45, 2.75) is 13.0 Å². The SMILES string of the molecule is CC(OC(=O)c1cnc2ccccc2n1)C(=O)Nc1ccccc1F. The van der Waals surface area contributed by atoms with Crippen molar-refractivity contribution < 1.29 is 18.7 Å². The largest absolute Gasteiger partial charge is 0.448 e. The van der Waals surface area contributed by atoms with Gasteiger partial charge in [0.15, 0.2) is 11.8 Å². The van der Waals surface area contributed by atoms with Crippen molar-refractivity contribution in [3.8, 4) is 0 Å². The minimum atomic E-state index is -1.12. The smallest absolute Gasteiger partial charge is 0.359 e. The van der Waals surface area contributed by atoms with Gasteiger partial charge in [-0.05, 0) is 31.2 Å². The van der Waals surface area contributed by atoms with Crippen molar-refractivity contribution in [1.82, 2.24) is 9.97 Å². The summed E-state index contributed by atoms with van der Waals surface area (Å²) in [5, 5.41) is 2.37. The van der Waals surface area contributed by atoms with E-state index >= 15 is 0 Å². The summed E-state index contributed by atoms with van der Waals surface area (Å²) >= 11 is 0. The molecule has 126 valence electrons. The maximum atomic E-state index is 13.5. The lowest BCUT2D eigenvalue weighted by molar-refractivity contribution is -0.123. The van der Waals surface area contributed by atoms with Crippen LogP contribution in [0.25, 0.3) is 11.0 Å². The molecular formula is C18H14FN3O3. The van der Waals surface area contributed by atoms with Crippen LogP contribution in [0.5, 0.6) is 0 Å². The van der Waals surface area contributed by atoms with Crippen molar-refractivity contribution in [2.75, 3.05) is 5.32 Å². The normalized spacial score (nSPS) is 11.8. The van der Waals surface area contributed by atoms with Gasteiger partial charge in [-0.2, -0.15) is 0 Å². The highest BCUT2D eigenvalue weighted by atomic mass is 19.1. The summed E-state index contributed by atoms with van der Waals surface area (Å²) in [7, 11) is 0. The topological polar surface area (TPSA) is 81.2 Å². The molecule has 1 aromatic heterocycles. The van der Waals surface area contributed by atoms with Crippen molar-refractivity contribution in [3.63, 3.8) is 0 Å². The van der Waals surface area contributed by atoms with Crippen LogP contribution < -0.4 is 5.32 Å². The molecule has 2 aromatic carbocycles. The molecule has 6 nitrogen and oxygen atoms in total. The van der Waals surface area contributed by atoms with Gasteiger partial charge in [0.2, 0.25) is 0 Å². The maximum absolute atomic E-state index is 13.5. The van der Waals surface area contributed by atoms with E-state index in [9.17, 15) is 14.0 Å². The number of carbonyl (C=O) groups is 2. The molecule has 1 heterocycles. The Morgan fingerprint density at radius 2 is 1.76 bits per heavy atom. The number of hydrogen-bond donors (Lipinski definition) is 1. The van der Waals surface area contributed by atoms with Crippen LogP contribution in [0.15, 0.2) is 54.7 Å². The Hall–Kier alpha value is -3.35. The van der Waals surface area contributed by atoms with Crippen LogP contribution >= 0.6 is 0 Å². The lowest BCUT2D eigenvalue weighted by atomic mass is 10.3. The zero-order valence-electron chi connectivity index (χ0n) is 13.3. The number of rotatable bonds is 4. The van der Waals surface area contributed by atoms with Crippen LogP contribution in [0.1, 0.15) is 17.4 Å². The van der Waals surface area contributed by atoms with Gasteiger partial charge in [-0.3, -0.25) is 9.78 Å². The Kier molecular flexibility index (Phi) is 4.65. The van der Waals surface area contributed by atoms with E-state index in [4.69, 9.17) is 4.74 Å². The summed E-state index contributed by atoms with van der Waals surface area (Å²) in [5.41, 5.74) is 1.19. The number of ether oxygens (including phenoxy) is 1. The van der Waals surface area contributed by atoms with E-state index in [1.165, 1.54) is 31.3 Å². The second kappa shape index (κ2) is 7.04. The molecule has 1 unspecified atom stereocenters. The zero-order chi connectivity index (χ0) is 17.8. The molecule has 0 aliphatic heterocycles. The van der Waals surface area contributed by atoms with Crippen LogP contribution in [0.2, 0.25) is 0 Å². The van der Waals surface area contributed by atoms with Gasteiger partial charge in [-0.15, -0.1) is 0 Å². The predicted octanol–water partition coefficient (Wildman–Crippen LogP) is 2.95. The summed E-state index contributed by atoms with van der Waals surface area (Å²) in [5.74, 6) is -2.00. The fraction of sp³-hybridized carbons (Fsp3) is 0.111.